The topological polar surface area (TPSA) is 38.0 Å². The molecule has 0 aliphatic carbocycles. The average molecular weight is 346 g/mol. The molecule has 0 saturated carbocycles. The van der Waals surface area contributed by atoms with Gasteiger partial charge in [0, 0.05) is 31.7 Å². The second-order valence-electron chi connectivity index (χ2n) is 7.70. The van der Waals surface area contributed by atoms with Crippen LogP contribution in [0.1, 0.15) is 31.7 Å². The van der Waals surface area contributed by atoms with E-state index in [4.69, 9.17) is 0 Å². The Balaban J connectivity index is 1.68. The maximum Gasteiger partial charge on any atom is 0.223 e. The molecule has 0 spiro atoms. The van der Waals surface area contributed by atoms with Gasteiger partial charge < -0.3 is 15.1 Å². The number of benzene rings is 1. The Kier molecular flexibility index (Phi) is 8.16. The highest BCUT2D eigenvalue weighted by molar-refractivity contribution is 5.78. The lowest BCUT2D eigenvalue weighted by Crippen LogP contribution is -3.13. The number of hydrogen-bond donors (Lipinski definition) is 3. The van der Waals surface area contributed by atoms with Crippen LogP contribution in [0.25, 0.3) is 6.08 Å². The molecule has 0 unspecified atom stereocenters. The van der Waals surface area contributed by atoms with Gasteiger partial charge in [0.25, 0.3) is 0 Å². The normalized spacial score (nSPS) is 21.4. The average Bonchev–Trinajstić information content (AvgIpc) is 2.60. The van der Waals surface area contributed by atoms with Crippen LogP contribution >= 0.6 is 0 Å². The van der Waals surface area contributed by atoms with Crippen LogP contribution in [0.2, 0.25) is 0 Å². The van der Waals surface area contributed by atoms with Crippen molar-refractivity contribution in [1.82, 2.24) is 5.32 Å². The first-order valence-electron chi connectivity index (χ1n) is 9.67. The Morgan fingerprint density at radius 3 is 2.56 bits per heavy atom. The first kappa shape index (κ1) is 19.7. The van der Waals surface area contributed by atoms with E-state index in [0.29, 0.717) is 0 Å². The van der Waals surface area contributed by atoms with Crippen LogP contribution in [0, 0.1) is 5.92 Å². The van der Waals surface area contributed by atoms with Gasteiger partial charge in [-0.15, -0.1) is 0 Å². The minimum absolute atomic E-state index is 0.217. The summed E-state index contributed by atoms with van der Waals surface area (Å²) in [5.41, 5.74) is 2.68. The van der Waals surface area contributed by atoms with E-state index in [0.717, 1.165) is 52.0 Å². The molecule has 0 aromatic heterocycles. The molecule has 1 fully saturated rings. The lowest BCUT2D eigenvalue weighted by atomic mass is 9.95. The van der Waals surface area contributed by atoms with E-state index in [1.165, 1.54) is 16.0 Å². The first-order valence-corrected chi connectivity index (χ1v) is 9.67. The first-order chi connectivity index (χ1) is 12.0. The molecular formula is C21H35N3O+2. The van der Waals surface area contributed by atoms with Crippen molar-refractivity contribution in [2.75, 3.05) is 46.8 Å². The summed E-state index contributed by atoms with van der Waals surface area (Å²) >= 11 is 0. The van der Waals surface area contributed by atoms with Crippen molar-refractivity contribution in [3.05, 3.63) is 41.5 Å². The molecule has 1 saturated heterocycles. The number of piperidine rings is 1. The third kappa shape index (κ3) is 7.41. The number of nitrogens with one attached hydrogen (secondary N) is 3. The van der Waals surface area contributed by atoms with Crippen LogP contribution in [-0.4, -0.2) is 52.7 Å². The largest absolute Gasteiger partial charge is 0.356 e. The summed E-state index contributed by atoms with van der Waals surface area (Å²) in [6.07, 6.45) is 5.36. The molecular weight excluding hydrogens is 310 g/mol. The van der Waals surface area contributed by atoms with Crippen molar-refractivity contribution >= 4 is 12.0 Å². The lowest BCUT2D eigenvalue weighted by Gasteiger charge is -2.29. The number of amides is 1. The highest BCUT2D eigenvalue weighted by atomic mass is 16.1. The fourth-order valence-electron chi connectivity index (χ4n) is 3.54. The Labute approximate surface area is 152 Å². The zero-order valence-corrected chi connectivity index (χ0v) is 16.1. The van der Waals surface area contributed by atoms with Crippen molar-refractivity contribution in [2.24, 2.45) is 5.92 Å². The maximum absolute atomic E-state index is 12.3. The molecule has 4 nitrogen and oxygen atoms in total. The van der Waals surface area contributed by atoms with Crippen LogP contribution in [0.3, 0.4) is 0 Å². The highest BCUT2D eigenvalue weighted by Crippen LogP contribution is 2.10. The SMILES string of the molecule is C/C(=C/c1ccccc1)C[NH+]1CCC(C(=O)NCCC[NH+](C)C)CC1. The van der Waals surface area contributed by atoms with Crippen LogP contribution < -0.4 is 15.1 Å². The van der Waals surface area contributed by atoms with Gasteiger partial charge in [-0.05, 0) is 18.1 Å². The van der Waals surface area contributed by atoms with Gasteiger partial charge in [-0.1, -0.05) is 36.4 Å². The Morgan fingerprint density at radius 2 is 1.92 bits per heavy atom. The smallest absolute Gasteiger partial charge is 0.223 e. The van der Waals surface area contributed by atoms with Crippen LogP contribution in [0.5, 0.6) is 0 Å². The Bertz CT molecular complexity index is 546. The minimum Gasteiger partial charge on any atom is -0.356 e. The molecule has 0 atom stereocenters. The summed E-state index contributed by atoms with van der Waals surface area (Å²) in [6.45, 7) is 7.41. The van der Waals surface area contributed by atoms with E-state index in [2.05, 4.69) is 62.7 Å². The van der Waals surface area contributed by atoms with E-state index < -0.39 is 0 Å². The van der Waals surface area contributed by atoms with Crippen molar-refractivity contribution in [1.29, 1.82) is 0 Å². The molecule has 1 amide bonds. The summed E-state index contributed by atoms with van der Waals surface area (Å²) in [7, 11) is 4.29. The summed E-state index contributed by atoms with van der Waals surface area (Å²) in [5, 5.41) is 3.12. The predicted molar refractivity (Wildman–Crippen MR) is 104 cm³/mol. The summed E-state index contributed by atoms with van der Waals surface area (Å²) in [4.78, 5) is 15.3. The second kappa shape index (κ2) is 10.4. The number of carbonyl (C=O) groups is 1. The van der Waals surface area contributed by atoms with E-state index in [9.17, 15) is 4.79 Å². The molecule has 0 radical (unpaired) electrons. The quantitative estimate of drug-likeness (QED) is 0.572. The fourth-order valence-corrected chi connectivity index (χ4v) is 3.54. The predicted octanol–water partition coefficient (Wildman–Crippen LogP) is 0.0356. The third-order valence-corrected chi connectivity index (χ3v) is 4.96. The monoisotopic (exact) mass is 345 g/mol. The summed E-state index contributed by atoms with van der Waals surface area (Å²) in [5.74, 6) is 0.484. The van der Waals surface area contributed by atoms with Crippen LogP contribution in [0.15, 0.2) is 35.9 Å². The van der Waals surface area contributed by atoms with E-state index in [1.54, 1.807) is 4.90 Å². The van der Waals surface area contributed by atoms with Crippen molar-refractivity contribution in [3.63, 3.8) is 0 Å². The van der Waals surface area contributed by atoms with Crippen LogP contribution in [-0.2, 0) is 4.79 Å². The number of quaternary nitrogens is 2. The molecule has 1 aliphatic rings. The van der Waals surface area contributed by atoms with Gasteiger partial charge in [0.15, 0.2) is 0 Å². The minimum atomic E-state index is 0.217. The van der Waals surface area contributed by atoms with E-state index in [1.807, 2.05) is 0 Å². The van der Waals surface area contributed by atoms with Gasteiger partial charge in [-0.3, -0.25) is 4.79 Å². The van der Waals surface area contributed by atoms with Gasteiger partial charge in [-0.2, -0.15) is 0 Å². The standard InChI is InChI=1S/C21H33N3O/c1-18(16-19-8-5-4-6-9-19)17-24-14-10-20(11-15-24)21(25)22-12-7-13-23(2)3/h4-6,8-9,16,20H,7,10-15,17H2,1-3H3,(H,22,25)/p+2/b18-16-. The maximum atomic E-state index is 12.3. The molecule has 1 heterocycles. The molecule has 1 aromatic carbocycles. The zero-order chi connectivity index (χ0) is 18.1. The molecule has 138 valence electrons. The molecule has 1 aliphatic heterocycles. The van der Waals surface area contributed by atoms with Crippen molar-refractivity contribution in [2.45, 2.75) is 26.2 Å². The second-order valence-corrected chi connectivity index (χ2v) is 7.70. The van der Waals surface area contributed by atoms with Gasteiger partial charge in [0.05, 0.1) is 40.3 Å². The summed E-state index contributed by atoms with van der Waals surface area (Å²) in [6, 6.07) is 10.5. The van der Waals surface area contributed by atoms with Gasteiger partial charge >= 0.3 is 0 Å². The van der Waals surface area contributed by atoms with Gasteiger partial charge in [0.1, 0.15) is 0 Å². The third-order valence-electron chi connectivity index (χ3n) is 4.96. The fraction of sp³-hybridized carbons (Fsp3) is 0.571. The lowest BCUT2D eigenvalue weighted by molar-refractivity contribution is -0.900. The van der Waals surface area contributed by atoms with Gasteiger partial charge in [0.2, 0.25) is 5.91 Å². The summed E-state index contributed by atoms with van der Waals surface area (Å²) < 4.78 is 0. The molecule has 0 bridgehead atoms. The van der Waals surface area contributed by atoms with Crippen molar-refractivity contribution in [3.8, 4) is 0 Å². The van der Waals surface area contributed by atoms with E-state index >= 15 is 0 Å². The highest BCUT2D eigenvalue weighted by Gasteiger charge is 2.27. The van der Waals surface area contributed by atoms with Crippen molar-refractivity contribution < 1.29 is 14.6 Å². The number of hydrogen-bond acceptors (Lipinski definition) is 1. The zero-order valence-electron chi connectivity index (χ0n) is 16.1. The van der Waals surface area contributed by atoms with E-state index in [-0.39, 0.29) is 11.8 Å². The molecule has 2 rings (SSSR count). The Morgan fingerprint density at radius 1 is 1.24 bits per heavy atom. The molecule has 25 heavy (non-hydrogen) atoms. The Hall–Kier alpha value is -1.65. The number of carbonyl (C=O) groups excluding carboxylic acids is 1. The molecule has 4 heteroatoms. The molecule has 1 aromatic rings. The number of rotatable bonds is 8. The number of likely N-dealkylation sites (tertiary alicyclic amines) is 1. The van der Waals surface area contributed by atoms with Gasteiger partial charge in [-0.25, -0.2) is 0 Å². The van der Waals surface area contributed by atoms with Crippen LogP contribution in [0.4, 0.5) is 0 Å². The molecule has 3 N–H and O–H groups in total.